The zero-order valence-corrected chi connectivity index (χ0v) is 10.1. The van der Waals surface area contributed by atoms with E-state index in [0.29, 0.717) is 19.6 Å². The van der Waals surface area contributed by atoms with Gasteiger partial charge in [-0.05, 0) is 30.5 Å². The first-order valence-electron chi connectivity index (χ1n) is 6.07. The summed E-state index contributed by atoms with van der Waals surface area (Å²) >= 11 is 0. The molecule has 1 unspecified atom stereocenters. The van der Waals surface area contributed by atoms with Crippen LogP contribution in [0.4, 0.5) is 0 Å². The van der Waals surface area contributed by atoms with Crippen molar-refractivity contribution >= 4 is 5.91 Å². The van der Waals surface area contributed by atoms with Crippen LogP contribution in [0.3, 0.4) is 0 Å². The van der Waals surface area contributed by atoms with Crippen molar-refractivity contribution in [3.8, 4) is 5.75 Å². The summed E-state index contributed by atoms with van der Waals surface area (Å²) in [6.45, 7) is 1.26. The van der Waals surface area contributed by atoms with Gasteiger partial charge in [0.15, 0.2) is 0 Å². The standard InChI is InChI=1S/C13H18N2O3/c14-12(7-9-1-3-11(16)4-2-9)13(17)15-10-5-6-18-8-10/h1-4,10,12,16H,5-8,14H2,(H,15,17)/t10?,12-/m0/s1. The molecule has 1 saturated heterocycles. The third-order valence-corrected chi connectivity index (χ3v) is 3.00. The van der Waals surface area contributed by atoms with Gasteiger partial charge in [0, 0.05) is 6.61 Å². The van der Waals surface area contributed by atoms with Crippen LogP contribution in [0.5, 0.6) is 5.75 Å². The molecule has 1 aromatic rings. The Balaban J connectivity index is 1.84. The smallest absolute Gasteiger partial charge is 0.237 e. The highest BCUT2D eigenvalue weighted by Crippen LogP contribution is 2.11. The average Bonchev–Trinajstić information content (AvgIpc) is 2.85. The lowest BCUT2D eigenvalue weighted by atomic mass is 10.1. The predicted octanol–water partition coefficient (Wildman–Crippen LogP) is 0.167. The quantitative estimate of drug-likeness (QED) is 0.711. The Morgan fingerprint density at radius 3 is 2.83 bits per heavy atom. The third-order valence-electron chi connectivity index (χ3n) is 3.00. The molecule has 1 aromatic carbocycles. The maximum atomic E-state index is 11.8. The van der Waals surface area contributed by atoms with Crippen molar-refractivity contribution in [1.82, 2.24) is 5.32 Å². The summed E-state index contributed by atoms with van der Waals surface area (Å²) < 4.78 is 5.19. The number of benzene rings is 1. The zero-order chi connectivity index (χ0) is 13.0. The van der Waals surface area contributed by atoms with E-state index in [4.69, 9.17) is 15.6 Å². The van der Waals surface area contributed by atoms with Gasteiger partial charge in [-0.3, -0.25) is 4.79 Å². The van der Waals surface area contributed by atoms with E-state index >= 15 is 0 Å². The fraction of sp³-hybridized carbons (Fsp3) is 0.462. The van der Waals surface area contributed by atoms with Crippen LogP contribution in [0.1, 0.15) is 12.0 Å². The molecule has 0 radical (unpaired) electrons. The Morgan fingerprint density at radius 2 is 2.22 bits per heavy atom. The van der Waals surface area contributed by atoms with Gasteiger partial charge in [0.05, 0.1) is 18.7 Å². The first-order chi connectivity index (χ1) is 8.65. The van der Waals surface area contributed by atoms with Gasteiger partial charge in [0.1, 0.15) is 5.75 Å². The van der Waals surface area contributed by atoms with Crippen molar-refractivity contribution in [2.75, 3.05) is 13.2 Å². The molecule has 5 heteroatoms. The van der Waals surface area contributed by atoms with Crippen LogP contribution in [0.25, 0.3) is 0 Å². The summed E-state index contributed by atoms with van der Waals surface area (Å²) in [6.07, 6.45) is 1.30. The molecule has 0 bridgehead atoms. The fourth-order valence-electron chi connectivity index (χ4n) is 1.94. The number of phenolic OH excluding ortho intramolecular Hbond substituents is 1. The van der Waals surface area contributed by atoms with Crippen LogP contribution in [0, 0.1) is 0 Å². The summed E-state index contributed by atoms with van der Waals surface area (Å²) in [6, 6.07) is 6.22. The van der Waals surface area contributed by atoms with Crippen molar-refractivity contribution in [2.24, 2.45) is 5.73 Å². The van der Waals surface area contributed by atoms with Crippen molar-refractivity contribution in [3.63, 3.8) is 0 Å². The van der Waals surface area contributed by atoms with Crippen LogP contribution < -0.4 is 11.1 Å². The van der Waals surface area contributed by atoms with Crippen molar-refractivity contribution < 1.29 is 14.6 Å². The van der Waals surface area contributed by atoms with E-state index in [9.17, 15) is 4.79 Å². The molecule has 4 N–H and O–H groups in total. The van der Waals surface area contributed by atoms with E-state index in [1.54, 1.807) is 24.3 Å². The third kappa shape index (κ3) is 3.45. The molecule has 2 rings (SSSR count). The summed E-state index contributed by atoms with van der Waals surface area (Å²) in [7, 11) is 0. The molecule has 1 aliphatic rings. The van der Waals surface area contributed by atoms with Gasteiger partial charge in [-0.25, -0.2) is 0 Å². The number of carbonyl (C=O) groups excluding carboxylic acids is 1. The molecule has 1 aliphatic heterocycles. The Hall–Kier alpha value is -1.59. The summed E-state index contributed by atoms with van der Waals surface area (Å²) in [5, 5.41) is 12.0. The number of ether oxygens (including phenoxy) is 1. The number of hydrogen-bond acceptors (Lipinski definition) is 4. The van der Waals surface area contributed by atoms with Gasteiger partial charge in [0.25, 0.3) is 0 Å². The van der Waals surface area contributed by atoms with Crippen LogP contribution >= 0.6 is 0 Å². The second-order valence-corrected chi connectivity index (χ2v) is 4.55. The number of carbonyl (C=O) groups is 1. The number of amides is 1. The Bertz CT molecular complexity index is 399. The fourth-order valence-corrected chi connectivity index (χ4v) is 1.94. The van der Waals surface area contributed by atoms with Gasteiger partial charge < -0.3 is 20.9 Å². The lowest BCUT2D eigenvalue weighted by Gasteiger charge is -2.15. The minimum absolute atomic E-state index is 0.0865. The number of hydrogen-bond donors (Lipinski definition) is 3. The molecule has 18 heavy (non-hydrogen) atoms. The second-order valence-electron chi connectivity index (χ2n) is 4.55. The first kappa shape index (κ1) is 12.9. The maximum Gasteiger partial charge on any atom is 0.237 e. The molecule has 1 fully saturated rings. The Labute approximate surface area is 106 Å². The first-order valence-corrected chi connectivity index (χ1v) is 6.07. The largest absolute Gasteiger partial charge is 0.508 e. The molecule has 5 nitrogen and oxygen atoms in total. The minimum Gasteiger partial charge on any atom is -0.508 e. The zero-order valence-electron chi connectivity index (χ0n) is 10.1. The molecule has 0 spiro atoms. The molecule has 1 amide bonds. The number of nitrogens with two attached hydrogens (primary N) is 1. The molecular formula is C13H18N2O3. The van der Waals surface area contributed by atoms with Crippen LogP contribution in [0.2, 0.25) is 0 Å². The highest BCUT2D eigenvalue weighted by Gasteiger charge is 2.21. The molecule has 0 aliphatic carbocycles. The highest BCUT2D eigenvalue weighted by molar-refractivity contribution is 5.82. The van der Waals surface area contributed by atoms with E-state index in [1.807, 2.05) is 0 Å². The number of rotatable bonds is 4. The Kier molecular flexibility index (Phi) is 4.17. The SMILES string of the molecule is N[C@@H](Cc1ccc(O)cc1)C(=O)NC1CCOC1. The number of phenols is 1. The normalized spacial score (nSPS) is 20.6. The topological polar surface area (TPSA) is 84.6 Å². The van der Waals surface area contributed by atoms with Crippen LogP contribution in [-0.2, 0) is 16.0 Å². The van der Waals surface area contributed by atoms with Gasteiger partial charge in [-0.1, -0.05) is 12.1 Å². The summed E-state index contributed by atoms with van der Waals surface area (Å²) in [4.78, 5) is 11.8. The molecule has 2 atom stereocenters. The lowest BCUT2D eigenvalue weighted by Crippen LogP contribution is -2.46. The van der Waals surface area contributed by atoms with Crippen molar-refractivity contribution in [1.29, 1.82) is 0 Å². The average molecular weight is 250 g/mol. The highest BCUT2D eigenvalue weighted by atomic mass is 16.5. The van der Waals surface area contributed by atoms with Gasteiger partial charge in [-0.15, -0.1) is 0 Å². The van der Waals surface area contributed by atoms with Crippen LogP contribution in [0.15, 0.2) is 24.3 Å². The lowest BCUT2D eigenvalue weighted by molar-refractivity contribution is -0.123. The van der Waals surface area contributed by atoms with E-state index in [-0.39, 0.29) is 17.7 Å². The number of nitrogens with one attached hydrogen (secondary N) is 1. The van der Waals surface area contributed by atoms with Gasteiger partial charge >= 0.3 is 0 Å². The van der Waals surface area contributed by atoms with E-state index in [0.717, 1.165) is 12.0 Å². The van der Waals surface area contributed by atoms with Crippen LogP contribution in [-0.4, -0.2) is 36.3 Å². The molecule has 0 aromatic heterocycles. The van der Waals surface area contributed by atoms with E-state index in [1.165, 1.54) is 0 Å². The van der Waals surface area contributed by atoms with E-state index in [2.05, 4.69) is 5.32 Å². The maximum absolute atomic E-state index is 11.8. The monoisotopic (exact) mass is 250 g/mol. The molecule has 1 heterocycles. The molecule has 98 valence electrons. The van der Waals surface area contributed by atoms with Gasteiger partial charge in [0.2, 0.25) is 5.91 Å². The Morgan fingerprint density at radius 1 is 1.50 bits per heavy atom. The van der Waals surface area contributed by atoms with Crippen molar-refractivity contribution in [3.05, 3.63) is 29.8 Å². The summed E-state index contributed by atoms with van der Waals surface area (Å²) in [5.41, 5.74) is 6.78. The molecule has 0 saturated carbocycles. The minimum atomic E-state index is -0.574. The van der Waals surface area contributed by atoms with Crippen molar-refractivity contribution in [2.45, 2.75) is 24.9 Å². The van der Waals surface area contributed by atoms with Gasteiger partial charge in [-0.2, -0.15) is 0 Å². The van der Waals surface area contributed by atoms with E-state index < -0.39 is 6.04 Å². The second kappa shape index (κ2) is 5.84. The number of aromatic hydroxyl groups is 1. The summed E-state index contributed by atoms with van der Waals surface area (Å²) in [5.74, 6) is 0.0541. The predicted molar refractivity (Wildman–Crippen MR) is 67.2 cm³/mol. The molecular weight excluding hydrogens is 232 g/mol.